The minimum Gasteiger partial charge on any atom is -0.395 e. The van der Waals surface area contributed by atoms with Crippen LogP contribution in [0, 0.1) is 0 Å². The lowest BCUT2D eigenvalue weighted by molar-refractivity contribution is -0.0326. The molecule has 1 nitrogen and oxygen atoms in total. The Hall–Kier alpha value is 0.450. The van der Waals surface area contributed by atoms with Crippen molar-refractivity contribution in [1.82, 2.24) is 0 Å². The van der Waals surface area contributed by atoms with E-state index in [2.05, 4.69) is 0 Å². The van der Waals surface area contributed by atoms with Crippen molar-refractivity contribution in [3.8, 4) is 0 Å². The molecule has 0 saturated heterocycles. The van der Waals surface area contributed by atoms with Crippen molar-refractivity contribution in [2.75, 3.05) is 18.1 Å². The van der Waals surface area contributed by atoms with Gasteiger partial charge in [0.1, 0.15) is 0 Å². The van der Waals surface area contributed by atoms with Crippen LogP contribution in [0.3, 0.4) is 0 Å². The van der Waals surface area contributed by atoms with E-state index < -0.39 is 5.51 Å². The van der Waals surface area contributed by atoms with Crippen LogP contribution in [-0.4, -0.2) is 34.0 Å². The monoisotopic (exact) mass is 220 g/mol. The average Bonchev–Trinajstić information content (AvgIpc) is 1.96. The van der Waals surface area contributed by atoms with Crippen LogP contribution >= 0.6 is 23.5 Å². The van der Waals surface area contributed by atoms with Gasteiger partial charge in [0.25, 0.3) is 0 Å². The third-order valence-corrected chi connectivity index (χ3v) is 3.16. The molecular weight excluding hydrogens is 209 g/mol. The number of halogens is 3. The summed E-state index contributed by atoms with van der Waals surface area (Å²) in [6.07, 6.45) is 0. The predicted octanol–water partition coefficient (Wildman–Crippen LogP) is 2.35. The summed E-state index contributed by atoms with van der Waals surface area (Å²) in [5, 5.41) is 8.57. The minimum absolute atomic E-state index is 0.0152. The van der Waals surface area contributed by atoms with Crippen molar-refractivity contribution >= 4 is 23.5 Å². The lowest BCUT2D eigenvalue weighted by Crippen LogP contribution is -2.06. The highest BCUT2D eigenvalue weighted by molar-refractivity contribution is 8.03. The van der Waals surface area contributed by atoms with Crippen molar-refractivity contribution in [3.63, 3.8) is 0 Å². The Balaban J connectivity index is 3.22. The SMILES string of the molecule is CC(CO)SCCSC(F)(F)F. The quantitative estimate of drug-likeness (QED) is 0.718. The third kappa shape index (κ3) is 8.55. The molecule has 0 aliphatic heterocycles. The molecule has 0 amide bonds. The van der Waals surface area contributed by atoms with E-state index in [1.54, 1.807) is 6.92 Å². The molecule has 0 bridgehead atoms. The van der Waals surface area contributed by atoms with Crippen LogP contribution in [0.15, 0.2) is 0 Å². The van der Waals surface area contributed by atoms with Crippen LogP contribution in [0.25, 0.3) is 0 Å². The molecule has 0 heterocycles. The van der Waals surface area contributed by atoms with Crippen molar-refractivity contribution in [1.29, 1.82) is 0 Å². The maximum atomic E-state index is 11.6. The van der Waals surface area contributed by atoms with Gasteiger partial charge in [0.15, 0.2) is 0 Å². The van der Waals surface area contributed by atoms with Gasteiger partial charge in [-0.3, -0.25) is 0 Å². The van der Waals surface area contributed by atoms with E-state index in [0.717, 1.165) is 0 Å². The lowest BCUT2D eigenvalue weighted by atomic mass is 10.5. The van der Waals surface area contributed by atoms with Gasteiger partial charge in [-0.15, -0.1) is 0 Å². The molecular formula is C6H11F3OS2. The van der Waals surface area contributed by atoms with Gasteiger partial charge in [-0.05, 0) is 0 Å². The molecule has 74 valence electrons. The number of aliphatic hydroxyl groups is 1. The van der Waals surface area contributed by atoms with Gasteiger partial charge in [-0.2, -0.15) is 24.9 Å². The number of rotatable bonds is 5. The molecule has 0 aromatic heterocycles. The fourth-order valence-corrected chi connectivity index (χ4v) is 1.92. The van der Waals surface area contributed by atoms with Crippen LogP contribution in [0.2, 0.25) is 0 Å². The van der Waals surface area contributed by atoms with Gasteiger partial charge in [0, 0.05) is 16.8 Å². The van der Waals surface area contributed by atoms with E-state index in [0.29, 0.717) is 5.75 Å². The molecule has 6 heteroatoms. The molecule has 12 heavy (non-hydrogen) atoms. The summed E-state index contributed by atoms with van der Waals surface area (Å²) in [6, 6.07) is 0. The topological polar surface area (TPSA) is 20.2 Å². The van der Waals surface area contributed by atoms with E-state index in [4.69, 9.17) is 5.11 Å². The van der Waals surface area contributed by atoms with E-state index in [-0.39, 0.29) is 29.4 Å². The maximum Gasteiger partial charge on any atom is 0.441 e. The Morgan fingerprint density at radius 1 is 1.33 bits per heavy atom. The highest BCUT2D eigenvalue weighted by atomic mass is 32.2. The van der Waals surface area contributed by atoms with Crippen LogP contribution in [0.5, 0.6) is 0 Å². The molecule has 1 N–H and O–H groups in total. The zero-order valence-corrected chi connectivity index (χ0v) is 8.23. The highest BCUT2D eigenvalue weighted by Crippen LogP contribution is 2.30. The Kier molecular flexibility index (Phi) is 6.21. The van der Waals surface area contributed by atoms with Gasteiger partial charge >= 0.3 is 5.51 Å². The first-order valence-corrected chi connectivity index (χ1v) is 5.42. The second kappa shape index (κ2) is 5.99. The second-order valence-electron chi connectivity index (χ2n) is 2.16. The first kappa shape index (κ1) is 12.4. The lowest BCUT2D eigenvalue weighted by Gasteiger charge is -2.08. The van der Waals surface area contributed by atoms with Crippen molar-refractivity contribution < 1.29 is 18.3 Å². The van der Waals surface area contributed by atoms with Crippen LogP contribution in [0.4, 0.5) is 13.2 Å². The number of aliphatic hydroxyl groups excluding tert-OH is 1. The molecule has 0 aliphatic rings. The molecule has 0 spiro atoms. The first-order valence-electron chi connectivity index (χ1n) is 3.39. The van der Waals surface area contributed by atoms with Crippen LogP contribution in [-0.2, 0) is 0 Å². The highest BCUT2D eigenvalue weighted by Gasteiger charge is 2.27. The largest absolute Gasteiger partial charge is 0.441 e. The maximum absolute atomic E-state index is 11.6. The number of hydrogen-bond acceptors (Lipinski definition) is 3. The fourth-order valence-electron chi connectivity index (χ4n) is 0.459. The van der Waals surface area contributed by atoms with E-state index in [1.165, 1.54) is 11.8 Å². The van der Waals surface area contributed by atoms with Crippen molar-refractivity contribution in [2.45, 2.75) is 17.7 Å². The fraction of sp³-hybridized carbons (Fsp3) is 1.00. The van der Waals surface area contributed by atoms with E-state index in [9.17, 15) is 13.2 Å². The predicted molar refractivity (Wildman–Crippen MR) is 47.5 cm³/mol. The van der Waals surface area contributed by atoms with Gasteiger partial charge in [-0.25, -0.2) is 0 Å². The molecule has 1 unspecified atom stereocenters. The molecule has 0 aromatic carbocycles. The molecule has 0 fully saturated rings. The zero-order valence-electron chi connectivity index (χ0n) is 6.60. The Morgan fingerprint density at radius 3 is 2.33 bits per heavy atom. The van der Waals surface area contributed by atoms with E-state index >= 15 is 0 Å². The standard InChI is InChI=1S/C6H11F3OS2/c1-5(4-10)11-2-3-12-6(7,8)9/h5,10H,2-4H2,1H3. The third-order valence-electron chi connectivity index (χ3n) is 1.01. The summed E-state index contributed by atoms with van der Waals surface area (Å²) in [4.78, 5) is 0. The molecule has 0 aromatic rings. The summed E-state index contributed by atoms with van der Waals surface area (Å²) < 4.78 is 34.7. The van der Waals surface area contributed by atoms with Gasteiger partial charge < -0.3 is 5.11 Å². The summed E-state index contributed by atoms with van der Waals surface area (Å²) in [5.74, 6) is 0.477. The van der Waals surface area contributed by atoms with Gasteiger partial charge in [0.2, 0.25) is 0 Å². The summed E-state index contributed by atoms with van der Waals surface area (Å²) >= 11 is 1.33. The Bertz CT molecular complexity index is 118. The molecule has 0 aliphatic carbocycles. The zero-order chi connectivity index (χ0) is 9.61. The number of alkyl halides is 3. The van der Waals surface area contributed by atoms with Gasteiger partial charge in [-0.1, -0.05) is 18.7 Å². The molecule has 0 radical (unpaired) electrons. The van der Waals surface area contributed by atoms with E-state index in [1.807, 2.05) is 0 Å². The number of thioether (sulfide) groups is 2. The summed E-state index contributed by atoms with van der Waals surface area (Å²) in [7, 11) is 0. The molecule has 1 atom stereocenters. The van der Waals surface area contributed by atoms with Crippen LogP contribution in [0.1, 0.15) is 6.92 Å². The number of hydrogen-bond donors (Lipinski definition) is 1. The van der Waals surface area contributed by atoms with Crippen LogP contribution < -0.4 is 0 Å². The Morgan fingerprint density at radius 2 is 1.92 bits per heavy atom. The Labute approximate surface area is 78.1 Å². The van der Waals surface area contributed by atoms with Crippen molar-refractivity contribution in [2.24, 2.45) is 0 Å². The smallest absolute Gasteiger partial charge is 0.395 e. The molecule has 0 rings (SSSR count). The first-order chi connectivity index (χ1) is 5.45. The normalized spacial score (nSPS) is 14.8. The van der Waals surface area contributed by atoms with Gasteiger partial charge in [0.05, 0.1) is 6.61 Å². The minimum atomic E-state index is -4.12. The summed E-state index contributed by atoms with van der Waals surface area (Å²) in [6.45, 7) is 1.80. The van der Waals surface area contributed by atoms with Crippen molar-refractivity contribution in [3.05, 3.63) is 0 Å². The summed E-state index contributed by atoms with van der Waals surface area (Å²) in [5.41, 5.74) is -4.12. The average molecular weight is 220 g/mol. The second-order valence-corrected chi connectivity index (χ2v) is 4.86. The molecule has 0 saturated carbocycles.